The summed E-state index contributed by atoms with van der Waals surface area (Å²) >= 11 is 5.89. The van der Waals surface area contributed by atoms with Crippen LogP contribution in [0.2, 0.25) is 0 Å². The molecule has 3 aromatic heterocycles. The summed E-state index contributed by atoms with van der Waals surface area (Å²) < 4.78 is 2.35. The molecule has 0 unspecified atom stereocenters. The number of thiocarbonyl (C=S) groups is 1. The van der Waals surface area contributed by atoms with E-state index < -0.39 is 0 Å². The Kier molecular flexibility index (Phi) is 7.24. The predicted octanol–water partition coefficient (Wildman–Crippen LogP) is 5.90. The Labute approximate surface area is 225 Å². The number of aromatic nitrogens is 3. The average molecular weight is 511 g/mol. The normalized spacial score (nSPS) is 17.2. The van der Waals surface area contributed by atoms with Crippen LogP contribution in [0.15, 0.2) is 79.3 Å². The zero-order valence-electron chi connectivity index (χ0n) is 21.9. The van der Waals surface area contributed by atoms with Gasteiger partial charge in [0.05, 0.1) is 17.8 Å². The summed E-state index contributed by atoms with van der Waals surface area (Å²) in [6, 6.07) is 21.3. The molecule has 6 nitrogen and oxygen atoms in total. The molecular formula is C30H34N6S. The first-order valence-corrected chi connectivity index (χ1v) is 13.3. The standard InChI is InChI=1S/C30H34N6S/c1-5-34(6-2)24-10-12-25(13-11-24)36-21(3)19-26(22(36)4)29-28(27-9-7-8-16-32-27)33-30(37)35(29)20-23-14-17-31-18-15-23/h7-19,28-29H,5-6,20H2,1-4H3,(H,33,37)/t28-,29-/m1/s1. The van der Waals surface area contributed by atoms with Crippen LogP contribution in [-0.2, 0) is 6.54 Å². The van der Waals surface area contributed by atoms with E-state index in [0.717, 1.165) is 23.9 Å². The van der Waals surface area contributed by atoms with E-state index in [0.29, 0.717) is 6.54 Å². The lowest BCUT2D eigenvalue weighted by Crippen LogP contribution is -2.29. The van der Waals surface area contributed by atoms with Crippen LogP contribution < -0.4 is 10.2 Å². The third kappa shape index (κ3) is 4.83. The maximum absolute atomic E-state index is 5.89. The van der Waals surface area contributed by atoms with Crippen LogP contribution in [0, 0.1) is 13.8 Å². The largest absolute Gasteiger partial charge is 0.372 e. The van der Waals surface area contributed by atoms with Gasteiger partial charge in [0.2, 0.25) is 0 Å². The lowest BCUT2D eigenvalue weighted by molar-refractivity contribution is 0.310. The summed E-state index contributed by atoms with van der Waals surface area (Å²) in [5.41, 5.74) is 8.24. The van der Waals surface area contributed by atoms with Gasteiger partial charge in [0.15, 0.2) is 5.11 Å². The SMILES string of the molecule is CCN(CC)c1ccc(-n2c(C)cc([C@@H]3[C@@H](c4ccccn4)NC(=S)N3Cc3ccncc3)c2C)cc1. The molecule has 190 valence electrons. The first kappa shape index (κ1) is 25.0. The van der Waals surface area contributed by atoms with Gasteiger partial charge in [-0.1, -0.05) is 6.07 Å². The molecule has 0 radical (unpaired) electrons. The summed E-state index contributed by atoms with van der Waals surface area (Å²) in [6.07, 6.45) is 5.52. The van der Waals surface area contributed by atoms with Crippen LogP contribution in [0.5, 0.6) is 0 Å². The second kappa shape index (κ2) is 10.7. The van der Waals surface area contributed by atoms with Crippen molar-refractivity contribution in [3.8, 4) is 5.69 Å². The Morgan fingerprint density at radius 2 is 1.68 bits per heavy atom. The molecule has 1 fully saturated rings. The van der Waals surface area contributed by atoms with Crippen LogP contribution in [0.3, 0.4) is 0 Å². The fraction of sp³-hybridized carbons (Fsp3) is 0.300. The lowest BCUT2D eigenvalue weighted by atomic mass is 9.96. The Hall–Kier alpha value is -3.71. The maximum atomic E-state index is 5.89. The summed E-state index contributed by atoms with van der Waals surface area (Å²) in [5.74, 6) is 0. The highest BCUT2D eigenvalue weighted by atomic mass is 32.1. The maximum Gasteiger partial charge on any atom is 0.170 e. The molecular weight excluding hydrogens is 476 g/mol. The van der Waals surface area contributed by atoms with Gasteiger partial charge in [-0.05, 0) is 106 Å². The molecule has 2 atom stereocenters. The number of hydrogen-bond donors (Lipinski definition) is 1. The minimum Gasteiger partial charge on any atom is -0.372 e. The molecule has 1 aliphatic heterocycles. The summed E-state index contributed by atoms with van der Waals surface area (Å²) in [5, 5.41) is 4.32. The van der Waals surface area contributed by atoms with Crippen molar-refractivity contribution in [3.63, 3.8) is 0 Å². The quantitative estimate of drug-likeness (QED) is 0.298. The number of anilines is 1. The van der Waals surface area contributed by atoms with Crippen molar-refractivity contribution in [1.29, 1.82) is 0 Å². The van der Waals surface area contributed by atoms with E-state index in [4.69, 9.17) is 17.2 Å². The molecule has 0 amide bonds. The zero-order chi connectivity index (χ0) is 25.9. The molecule has 4 heterocycles. The Bertz CT molecular complexity index is 1350. The molecule has 4 aromatic rings. The van der Waals surface area contributed by atoms with Crippen molar-refractivity contribution in [2.24, 2.45) is 0 Å². The van der Waals surface area contributed by atoms with Crippen LogP contribution in [-0.4, -0.2) is 37.6 Å². The highest BCUT2D eigenvalue weighted by Gasteiger charge is 2.41. The van der Waals surface area contributed by atoms with E-state index in [2.05, 4.69) is 101 Å². The van der Waals surface area contributed by atoms with Gasteiger partial charge in [0.25, 0.3) is 0 Å². The van der Waals surface area contributed by atoms with E-state index in [1.54, 1.807) is 0 Å². The number of benzene rings is 1. The molecule has 0 spiro atoms. The van der Waals surface area contributed by atoms with Crippen LogP contribution in [0.4, 0.5) is 5.69 Å². The molecule has 0 bridgehead atoms. The van der Waals surface area contributed by atoms with E-state index in [9.17, 15) is 0 Å². The van der Waals surface area contributed by atoms with E-state index >= 15 is 0 Å². The van der Waals surface area contributed by atoms with Crippen molar-refractivity contribution in [2.45, 2.75) is 46.3 Å². The molecule has 0 aliphatic carbocycles. The fourth-order valence-corrected chi connectivity index (χ4v) is 5.79. The topological polar surface area (TPSA) is 49.2 Å². The van der Waals surface area contributed by atoms with Gasteiger partial charge in [-0.25, -0.2) is 0 Å². The molecule has 1 N–H and O–H groups in total. The molecule has 1 saturated heterocycles. The average Bonchev–Trinajstić information content (AvgIpc) is 3.40. The molecule has 7 heteroatoms. The van der Waals surface area contributed by atoms with Gasteiger partial charge in [-0.2, -0.15) is 0 Å². The number of pyridine rings is 2. The first-order chi connectivity index (χ1) is 18.0. The summed E-state index contributed by atoms with van der Waals surface area (Å²) in [7, 11) is 0. The van der Waals surface area contributed by atoms with Crippen molar-refractivity contribution < 1.29 is 0 Å². The van der Waals surface area contributed by atoms with Gasteiger partial charge in [0, 0.05) is 61.0 Å². The Morgan fingerprint density at radius 1 is 0.946 bits per heavy atom. The van der Waals surface area contributed by atoms with Crippen LogP contribution in [0.1, 0.15) is 54.1 Å². The van der Waals surface area contributed by atoms with Gasteiger partial charge in [-0.15, -0.1) is 0 Å². The van der Waals surface area contributed by atoms with Crippen molar-refractivity contribution in [3.05, 3.63) is 107 Å². The second-order valence-corrected chi connectivity index (χ2v) is 9.85. The van der Waals surface area contributed by atoms with Gasteiger partial charge in [0.1, 0.15) is 0 Å². The van der Waals surface area contributed by atoms with E-state index in [1.165, 1.54) is 33.9 Å². The number of hydrogen-bond acceptors (Lipinski definition) is 4. The highest BCUT2D eigenvalue weighted by molar-refractivity contribution is 7.80. The van der Waals surface area contributed by atoms with E-state index in [1.807, 2.05) is 30.7 Å². The Morgan fingerprint density at radius 3 is 2.32 bits per heavy atom. The third-order valence-corrected chi connectivity index (χ3v) is 7.68. The van der Waals surface area contributed by atoms with E-state index in [-0.39, 0.29) is 12.1 Å². The smallest absolute Gasteiger partial charge is 0.170 e. The highest BCUT2D eigenvalue weighted by Crippen LogP contribution is 2.42. The van der Waals surface area contributed by atoms with Gasteiger partial charge in [-0.3, -0.25) is 9.97 Å². The number of aryl methyl sites for hydroxylation is 1. The van der Waals surface area contributed by atoms with Gasteiger partial charge >= 0.3 is 0 Å². The van der Waals surface area contributed by atoms with Crippen LogP contribution >= 0.6 is 12.2 Å². The first-order valence-electron chi connectivity index (χ1n) is 12.9. The minimum atomic E-state index is -0.0467. The summed E-state index contributed by atoms with van der Waals surface area (Å²) in [4.78, 5) is 13.5. The zero-order valence-corrected chi connectivity index (χ0v) is 22.7. The third-order valence-electron chi connectivity index (χ3n) is 7.33. The lowest BCUT2D eigenvalue weighted by Gasteiger charge is -2.28. The number of nitrogens with zero attached hydrogens (tertiary/aromatic N) is 5. The number of rotatable bonds is 8. The fourth-order valence-electron chi connectivity index (χ4n) is 5.48. The van der Waals surface area contributed by atoms with Crippen molar-refractivity contribution >= 4 is 23.0 Å². The molecule has 0 saturated carbocycles. The predicted molar refractivity (Wildman–Crippen MR) is 154 cm³/mol. The second-order valence-electron chi connectivity index (χ2n) is 9.46. The number of nitrogens with one attached hydrogen (secondary N) is 1. The summed E-state index contributed by atoms with van der Waals surface area (Å²) in [6.45, 7) is 11.5. The van der Waals surface area contributed by atoms with Crippen molar-refractivity contribution in [1.82, 2.24) is 24.8 Å². The molecule has 1 aromatic carbocycles. The minimum absolute atomic E-state index is 0.00506. The van der Waals surface area contributed by atoms with Gasteiger partial charge < -0.3 is 19.7 Å². The molecule has 5 rings (SSSR count). The van der Waals surface area contributed by atoms with Crippen LogP contribution in [0.25, 0.3) is 5.69 Å². The Balaban J connectivity index is 1.56. The molecule has 37 heavy (non-hydrogen) atoms. The van der Waals surface area contributed by atoms with Crippen molar-refractivity contribution in [2.75, 3.05) is 18.0 Å². The molecule has 1 aliphatic rings. The monoisotopic (exact) mass is 510 g/mol.